The van der Waals surface area contributed by atoms with Gasteiger partial charge in [-0.05, 0) is 64.0 Å². The third kappa shape index (κ3) is 5.46. The molecule has 164 valence electrons. The maximum absolute atomic E-state index is 14.7. The normalized spacial score (nSPS) is 11.4. The molecule has 5 nitrogen and oxygen atoms in total. The molecule has 0 aliphatic carbocycles. The molecule has 11 heteroatoms. The molecule has 3 aromatic carbocycles. The minimum Gasteiger partial charge on any atom is -0.351 e. The number of anilines is 3. The van der Waals surface area contributed by atoms with Crippen molar-refractivity contribution in [2.24, 2.45) is 0 Å². The third-order valence-electron chi connectivity index (χ3n) is 4.34. The van der Waals surface area contributed by atoms with Crippen molar-refractivity contribution < 1.29 is 26.0 Å². The van der Waals surface area contributed by atoms with Crippen molar-refractivity contribution in [3.05, 3.63) is 86.5 Å². The second kappa shape index (κ2) is 9.40. The van der Waals surface area contributed by atoms with Crippen LogP contribution in [0.15, 0.2) is 48.5 Å². The van der Waals surface area contributed by atoms with Crippen molar-refractivity contribution >= 4 is 49.9 Å². The zero-order valence-electron chi connectivity index (χ0n) is 15.9. The first-order valence-electron chi connectivity index (χ1n) is 8.79. The molecule has 0 fully saturated rings. The summed E-state index contributed by atoms with van der Waals surface area (Å²) in [7, 11) is -2.80. The molecule has 0 aliphatic heterocycles. The van der Waals surface area contributed by atoms with E-state index < -0.39 is 33.5 Å². The molecule has 0 aliphatic rings. The lowest BCUT2D eigenvalue weighted by atomic mass is 10.0. The molecule has 0 radical (unpaired) electrons. The molecule has 0 unspecified atom stereocenters. The zero-order valence-corrected chi connectivity index (χ0v) is 18.9. The Morgan fingerprint density at radius 2 is 1.52 bits per heavy atom. The molecule has 0 heterocycles. The molecule has 0 aromatic heterocycles. The first kappa shape index (κ1) is 23.3. The molecule has 3 N–H and O–H groups in total. The highest BCUT2D eigenvalue weighted by Crippen LogP contribution is 2.29. The zero-order chi connectivity index (χ0) is 22.8. The van der Waals surface area contributed by atoms with E-state index in [1.807, 2.05) is 32.0 Å². The van der Waals surface area contributed by atoms with Crippen molar-refractivity contribution in [1.29, 1.82) is 0 Å². The minimum absolute atomic E-state index is 0.0259. The van der Waals surface area contributed by atoms with Crippen LogP contribution < -0.4 is 14.8 Å². The van der Waals surface area contributed by atoms with E-state index >= 15 is 0 Å². The summed E-state index contributed by atoms with van der Waals surface area (Å²) >= 11 is 1.92. The lowest BCUT2D eigenvalue weighted by Gasteiger charge is -2.13. The first-order valence-corrected chi connectivity index (χ1v) is 11.3. The van der Waals surface area contributed by atoms with Gasteiger partial charge in [-0.3, -0.25) is 4.72 Å². The van der Waals surface area contributed by atoms with Crippen LogP contribution in [-0.2, 0) is 16.6 Å². The average Bonchev–Trinajstić information content (AvgIpc) is 2.72. The van der Waals surface area contributed by atoms with Gasteiger partial charge in [0.15, 0.2) is 17.5 Å². The summed E-state index contributed by atoms with van der Waals surface area (Å²) in [6.45, 7) is 0. The van der Waals surface area contributed by atoms with Gasteiger partial charge in [0.1, 0.15) is 5.82 Å². The van der Waals surface area contributed by atoms with Crippen molar-refractivity contribution in [2.75, 3.05) is 17.1 Å². The van der Waals surface area contributed by atoms with Gasteiger partial charge in [-0.2, -0.15) is 8.42 Å². The fourth-order valence-electron chi connectivity index (χ4n) is 2.75. The van der Waals surface area contributed by atoms with Crippen LogP contribution in [0.3, 0.4) is 0 Å². The predicted octanol–water partition coefficient (Wildman–Crippen LogP) is 5.06. The van der Waals surface area contributed by atoms with E-state index in [0.29, 0.717) is 3.57 Å². The van der Waals surface area contributed by atoms with E-state index in [2.05, 4.69) is 5.32 Å². The molecule has 0 saturated heterocycles. The van der Waals surface area contributed by atoms with E-state index in [0.717, 1.165) is 7.05 Å². The Kier molecular flexibility index (Phi) is 7.06. The summed E-state index contributed by atoms with van der Waals surface area (Å²) in [5.41, 5.74) is -0.836. The van der Waals surface area contributed by atoms with Gasteiger partial charge in [-0.1, -0.05) is 18.2 Å². The largest absolute Gasteiger partial charge is 0.351 e. The van der Waals surface area contributed by atoms with Crippen LogP contribution >= 0.6 is 22.6 Å². The maximum atomic E-state index is 14.7. The molecule has 3 rings (SSSR count). The van der Waals surface area contributed by atoms with E-state index in [-0.39, 0.29) is 34.6 Å². The minimum atomic E-state index is -3.95. The predicted molar refractivity (Wildman–Crippen MR) is 120 cm³/mol. The smallest absolute Gasteiger partial charge is 0.298 e. The van der Waals surface area contributed by atoms with Gasteiger partial charge in [0.05, 0.1) is 17.1 Å². The highest BCUT2D eigenvalue weighted by atomic mass is 127. The average molecular weight is 565 g/mol. The Bertz CT molecular complexity index is 1240. The Morgan fingerprint density at radius 1 is 0.839 bits per heavy atom. The number of hydrogen-bond donors (Lipinski definition) is 3. The second-order valence-corrected chi connectivity index (χ2v) is 9.28. The number of benzene rings is 3. The number of rotatable bonds is 7. The van der Waals surface area contributed by atoms with Gasteiger partial charge in [-0.25, -0.2) is 22.3 Å². The van der Waals surface area contributed by atoms with E-state index in [4.69, 9.17) is 0 Å². The summed E-state index contributed by atoms with van der Waals surface area (Å²) in [6, 6.07) is 10.6. The quantitative estimate of drug-likeness (QED) is 0.277. The molecule has 0 amide bonds. The number of hydrogen-bond acceptors (Lipinski definition) is 3. The van der Waals surface area contributed by atoms with Crippen LogP contribution in [-0.4, -0.2) is 15.5 Å². The van der Waals surface area contributed by atoms with Gasteiger partial charge in [0.25, 0.3) is 10.2 Å². The van der Waals surface area contributed by atoms with Crippen molar-refractivity contribution in [2.45, 2.75) is 6.42 Å². The van der Waals surface area contributed by atoms with Gasteiger partial charge in [-0.15, -0.1) is 0 Å². The highest BCUT2D eigenvalue weighted by Gasteiger charge is 2.18. The fourth-order valence-corrected chi connectivity index (χ4v) is 3.76. The molecule has 0 atom stereocenters. The van der Waals surface area contributed by atoms with E-state index in [9.17, 15) is 26.0 Å². The van der Waals surface area contributed by atoms with Gasteiger partial charge >= 0.3 is 0 Å². The van der Waals surface area contributed by atoms with Gasteiger partial charge < -0.3 is 5.32 Å². The Labute approximate surface area is 190 Å². The van der Waals surface area contributed by atoms with E-state index in [1.54, 1.807) is 6.07 Å². The summed E-state index contributed by atoms with van der Waals surface area (Å²) in [4.78, 5) is 0. The monoisotopic (exact) mass is 565 g/mol. The highest BCUT2D eigenvalue weighted by molar-refractivity contribution is 14.1. The third-order valence-corrected chi connectivity index (χ3v) is 6.03. The Morgan fingerprint density at radius 3 is 2.19 bits per heavy atom. The lowest BCUT2D eigenvalue weighted by Crippen LogP contribution is -2.27. The summed E-state index contributed by atoms with van der Waals surface area (Å²) in [5, 5.41) is 2.50. The summed E-state index contributed by atoms with van der Waals surface area (Å²) in [6.07, 6.45) is -0.331. The molecule has 31 heavy (non-hydrogen) atoms. The first-order chi connectivity index (χ1) is 14.6. The Hall–Kier alpha value is -2.38. The standard InChI is InChI=1S/C20H16F4IN3O2S/c1-26-31(29,30)28-17-4-2-3-11(18(17)22)9-12-5-7-16(20(24)19(12)23)27-15-8-6-13(25)10-14(15)21/h2-8,10,26-28H,9H2,1H3. The van der Waals surface area contributed by atoms with Crippen LogP contribution in [0.1, 0.15) is 11.1 Å². The topological polar surface area (TPSA) is 70.2 Å². The van der Waals surface area contributed by atoms with Crippen LogP contribution in [0.4, 0.5) is 34.6 Å². The summed E-state index contributed by atoms with van der Waals surface area (Å²) in [5.74, 6) is -4.01. The lowest BCUT2D eigenvalue weighted by molar-refractivity contribution is 0.502. The molecular weight excluding hydrogens is 549 g/mol. The number of halogens is 5. The van der Waals surface area contributed by atoms with Gasteiger partial charge in [0.2, 0.25) is 0 Å². The molecule has 3 aromatic rings. The summed E-state index contributed by atoms with van der Waals surface area (Å²) < 4.78 is 85.6. The maximum Gasteiger partial charge on any atom is 0.298 e. The van der Waals surface area contributed by atoms with E-state index in [1.165, 1.54) is 42.5 Å². The van der Waals surface area contributed by atoms with Crippen LogP contribution in [0.2, 0.25) is 0 Å². The SMILES string of the molecule is CNS(=O)(=O)Nc1cccc(Cc2ccc(Nc3ccc(I)cc3F)c(F)c2F)c1F. The van der Waals surface area contributed by atoms with Crippen molar-refractivity contribution in [3.8, 4) is 0 Å². The fraction of sp³-hybridized carbons (Fsp3) is 0.100. The van der Waals surface area contributed by atoms with Crippen LogP contribution in [0.25, 0.3) is 0 Å². The Balaban J connectivity index is 1.88. The molecule has 0 spiro atoms. The van der Waals surface area contributed by atoms with Crippen LogP contribution in [0.5, 0.6) is 0 Å². The number of nitrogens with one attached hydrogen (secondary N) is 3. The van der Waals surface area contributed by atoms with Crippen molar-refractivity contribution in [1.82, 2.24) is 4.72 Å². The molecule has 0 bridgehead atoms. The van der Waals surface area contributed by atoms with Gasteiger partial charge in [0, 0.05) is 17.0 Å². The molecular formula is C20H16F4IN3O2S. The molecule has 0 saturated carbocycles. The second-order valence-electron chi connectivity index (χ2n) is 6.41. The van der Waals surface area contributed by atoms with Crippen LogP contribution in [0, 0.1) is 26.8 Å². The van der Waals surface area contributed by atoms with Crippen molar-refractivity contribution in [3.63, 3.8) is 0 Å².